The molecule has 0 saturated heterocycles. The minimum atomic E-state index is -0.320. The zero-order chi connectivity index (χ0) is 17.1. The van der Waals surface area contributed by atoms with Gasteiger partial charge in [-0.15, -0.1) is 0 Å². The summed E-state index contributed by atoms with van der Waals surface area (Å²) in [5.74, 6) is 1.07. The van der Waals surface area contributed by atoms with E-state index in [1.165, 1.54) is 44.2 Å². The molecule has 7 heteroatoms. The van der Waals surface area contributed by atoms with Gasteiger partial charge in [-0.25, -0.2) is 9.37 Å². The first kappa shape index (κ1) is 15.8. The molecule has 25 heavy (non-hydrogen) atoms. The van der Waals surface area contributed by atoms with Gasteiger partial charge in [-0.3, -0.25) is 0 Å². The summed E-state index contributed by atoms with van der Waals surface area (Å²) in [6, 6.07) is 6.16. The quantitative estimate of drug-likeness (QED) is 0.727. The van der Waals surface area contributed by atoms with Crippen molar-refractivity contribution in [3.63, 3.8) is 0 Å². The van der Waals surface area contributed by atoms with Crippen LogP contribution >= 0.6 is 0 Å². The van der Waals surface area contributed by atoms with E-state index in [1.54, 1.807) is 18.5 Å². The smallest absolute Gasteiger partial charge is 0.245 e. The summed E-state index contributed by atoms with van der Waals surface area (Å²) in [4.78, 5) is 16.0. The summed E-state index contributed by atoms with van der Waals surface area (Å²) >= 11 is 0. The minimum absolute atomic E-state index is 0.320. The molecule has 2 N–H and O–H groups in total. The van der Waals surface area contributed by atoms with Crippen LogP contribution in [-0.2, 0) is 0 Å². The Morgan fingerprint density at radius 2 is 2.08 bits per heavy atom. The second-order valence-electron chi connectivity index (χ2n) is 6.40. The number of halogens is 1. The molecule has 130 valence electrons. The van der Waals surface area contributed by atoms with Crippen LogP contribution < -0.4 is 10.1 Å². The SMILES string of the molecule is Fc1cccc(Nc2nc(OCC3CCCCC3)c3[nH]cnc3n2)c1. The molecule has 1 aliphatic carbocycles. The standard InChI is InChI=1S/C18H20FN5O/c19-13-7-4-8-14(9-13)22-18-23-16-15(20-11-21-16)17(24-18)25-10-12-5-2-1-3-6-12/h4,7-9,11-12H,1-3,5-6,10H2,(H2,20,21,22,23,24). The summed E-state index contributed by atoms with van der Waals surface area (Å²) in [7, 11) is 0. The molecule has 2 heterocycles. The summed E-state index contributed by atoms with van der Waals surface area (Å²) in [6.07, 6.45) is 7.82. The maximum atomic E-state index is 13.4. The number of rotatable bonds is 5. The van der Waals surface area contributed by atoms with Crippen molar-refractivity contribution in [3.8, 4) is 5.88 Å². The van der Waals surface area contributed by atoms with Gasteiger partial charge in [0.05, 0.1) is 12.9 Å². The number of nitrogens with one attached hydrogen (secondary N) is 2. The Morgan fingerprint density at radius 3 is 2.92 bits per heavy atom. The number of hydrogen-bond acceptors (Lipinski definition) is 5. The Labute approximate surface area is 144 Å². The van der Waals surface area contributed by atoms with Gasteiger partial charge in [0.1, 0.15) is 11.3 Å². The van der Waals surface area contributed by atoms with Crippen LogP contribution in [0.5, 0.6) is 5.88 Å². The lowest BCUT2D eigenvalue weighted by Crippen LogP contribution is -2.16. The van der Waals surface area contributed by atoms with E-state index in [2.05, 4.69) is 25.3 Å². The molecule has 0 bridgehead atoms. The maximum Gasteiger partial charge on any atom is 0.245 e. The number of benzene rings is 1. The number of H-pyrrole nitrogens is 1. The number of nitrogens with zero attached hydrogens (tertiary/aromatic N) is 3. The molecular formula is C18H20FN5O. The number of anilines is 2. The van der Waals surface area contributed by atoms with E-state index in [0.29, 0.717) is 41.2 Å². The van der Waals surface area contributed by atoms with Crippen LogP contribution in [0.1, 0.15) is 32.1 Å². The van der Waals surface area contributed by atoms with Crippen molar-refractivity contribution < 1.29 is 9.13 Å². The lowest BCUT2D eigenvalue weighted by Gasteiger charge is -2.21. The van der Waals surface area contributed by atoms with Crippen molar-refractivity contribution in [2.75, 3.05) is 11.9 Å². The van der Waals surface area contributed by atoms with E-state index >= 15 is 0 Å². The van der Waals surface area contributed by atoms with Crippen molar-refractivity contribution in [2.45, 2.75) is 32.1 Å². The predicted octanol–water partition coefficient (Wildman–Crippen LogP) is 4.19. The number of aromatic nitrogens is 4. The van der Waals surface area contributed by atoms with E-state index in [1.807, 2.05) is 0 Å². The fraction of sp³-hybridized carbons (Fsp3) is 0.389. The highest BCUT2D eigenvalue weighted by atomic mass is 19.1. The van der Waals surface area contributed by atoms with Crippen LogP contribution in [0.4, 0.5) is 16.0 Å². The first-order valence-corrected chi connectivity index (χ1v) is 8.64. The topological polar surface area (TPSA) is 75.7 Å². The molecule has 0 unspecified atom stereocenters. The zero-order valence-electron chi connectivity index (χ0n) is 13.8. The Kier molecular flexibility index (Phi) is 4.45. The van der Waals surface area contributed by atoms with E-state index in [9.17, 15) is 4.39 Å². The van der Waals surface area contributed by atoms with Crippen LogP contribution in [0.2, 0.25) is 0 Å². The lowest BCUT2D eigenvalue weighted by molar-refractivity contribution is 0.205. The third-order valence-corrected chi connectivity index (χ3v) is 4.51. The van der Waals surface area contributed by atoms with E-state index in [-0.39, 0.29) is 5.82 Å². The molecule has 6 nitrogen and oxygen atoms in total. The van der Waals surface area contributed by atoms with Gasteiger partial charge in [-0.1, -0.05) is 25.3 Å². The highest BCUT2D eigenvalue weighted by molar-refractivity contribution is 5.77. The molecule has 0 spiro atoms. The van der Waals surface area contributed by atoms with Crippen LogP contribution in [-0.4, -0.2) is 26.5 Å². The van der Waals surface area contributed by atoms with Crippen molar-refractivity contribution >= 4 is 22.8 Å². The summed E-state index contributed by atoms with van der Waals surface area (Å²) < 4.78 is 19.3. The molecule has 1 saturated carbocycles. The number of hydrogen-bond donors (Lipinski definition) is 2. The molecule has 1 aromatic carbocycles. The molecule has 1 fully saturated rings. The van der Waals surface area contributed by atoms with Gasteiger partial charge >= 0.3 is 0 Å². The molecule has 2 aromatic heterocycles. The molecular weight excluding hydrogens is 321 g/mol. The number of fused-ring (bicyclic) bond motifs is 1. The first-order valence-electron chi connectivity index (χ1n) is 8.64. The van der Waals surface area contributed by atoms with E-state index in [4.69, 9.17) is 4.74 Å². The number of imidazole rings is 1. The Hall–Kier alpha value is -2.70. The summed E-state index contributed by atoms with van der Waals surface area (Å²) in [5, 5.41) is 3.01. The van der Waals surface area contributed by atoms with E-state index < -0.39 is 0 Å². The predicted molar refractivity (Wildman–Crippen MR) is 93.4 cm³/mol. The van der Waals surface area contributed by atoms with Crippen molar-refractivity contribution in [2.24, 2.45) is 5.92 Å². The second-order valence-corrected chi connectivity index (χ2v) is 6.40. The first-order chi connectivity index (χ1) is 12.3. The number of ether oxygens (including phenoxy) is 1. The van der Waals surface area contributed by atoms with Gasteiger partial charge in [-0.05, 0) is 37.0 Å². The lowest BCUT2D eigenvalue weighted by atomic mass is 9.90. The fourth-order valence-corrected chi connectivity index (χ4v) is 3.21. The molecule has 3 aromatic rings. The third-order valence-electron chi connectivity index (χ3n) is 4.51. The highest BCUT2D eigenvalue weighted by Gasteiger charge is 2.17. The zero-order valence-corrected chi connectivity index (χ0v) is 13.8. The van der Waals surface area contributed by atoms with Gasteiger partial charge in [0.2, 0.25) is 11.8 Å². The van der Waals surface area contributed by atoms with Gasteiger partial charge in [0.25, 0.3) is 0 Å². The van der Waals surface area contributed by atoms with Gasteiger partial charge in [0, 0.05) is 5.69 Å². The summed E-state index contributed by atoms with van der Waals surface area (Å²) in [6.45, 7) is 0.643. The molecule has 1 aliphatic rings. The maximum absolute atomic E-state index is 13.4. The molecule has 0 aliphatic heterocycles. The van der Waals surface area contributed by atoms with Crippen LogP contribution in [0.15, 0.2) is 30.6 Å². The average Bonchev–Trinajstić information content (AvgIpc) is 3.09. The van der Waals surface area contributed by atoms with Crippen molar-refractivity contribution in [3.05, 3.63) is 36.4 Å². The van der Waals surface area contributed by atoms with Gasteiger partial charge < -0.3 is 15.0 Å². The fourth-order valence-electron chi connectivity index (χ4n) is 3.21. The normalized spacial score (nSPS) is 15.4. The third kappa shape index (κ3) is 3.70. The second kappa shape index (κ2) is 7.04. The van der Waals surface area contributed by atoms with E-state index in [0.717, 1.165) is 0 Å². The highest BCUT2D eigenvalue weighted by Crippen LogP contribution is 2.27. The molecule has 0 radical (unpaired) electrons. The minimum Gasteiger partial charge on any atom is -0.476 e. The Balaban J connectivity index is 1.56. The average molecular weight is 341 g/mol. The van der Waals surface area contributed by atoms with Crippen LogP contribution in [0.3, 0.4) is 0 Å². The van der Waals surface area contributed by atoms with Crippen molar-refractivity contribution in [1.82, 2.24) is 19.9 Å². The van der Waals surface area contributed by atoms with Crippen molar-refractivity contribution in [1.29, 1.82) is 0 Å². The Bertz CT molecular complexity index is 860. The molecule has 0 atom stereocenters. The monoisotopic (exact) mass is 341 g/mol. The van der Waals surface area contributed by atoms with Crippen LogP contribution in [0.25, 0.3) is 11.2 Å². The molecule has 0 amide bonds. The molecule has 4 rings (SSSR count). The number of aromatic amines is 1. The van der Waals surface area contributed by atoms with Gasteiger partial charge in [0.15, 0.2) is 5.65 Å². The Morgan fingerprint density at radius 1 is 1.20 bits per heavy atom. The van der Waals surface area contributed by atoms with Crippen LogP contribution in [0, 0.1) is 11.7 Å². The van der Waals surface area contributed by atoms with Gasteiger partial charge in [-0.2, -0.15) is 9.97 Å². The largest absolute Gasteiger partial charge is 0.476 e. The summed E-state index contributed by atoms with van der Waals surface area (Å²) in [5.41, 5.74) is 1.78.